The van der Waals surface area contributed by atoms with E-state index >= 15 is 0 Å². The molecule has 0 saturated carbocycles. The molecule has 2 saturated heterocycles. The fourth-order valence-electron chi connectivity index (χ4n) is 8.05. The van der Waals surface area contributed by atoms with Crippen LogP contribution in [0.1, 0.15) is 50.3 Å². The summed E-state index contributed by atoms with van der Waals surface area (Å²) in [7, 11) is 2.16. The van der Waals surface area contributed by atoms with E-state index in [0.717, 1.165) is 58.8 Å². The summed E-state index contributed by atoms with van der Waals surface area (Å²) in [5.74, 6) is -0.537. The summed E-state index contributed by atoms with van der Waals surface area (Å²) in [5, 5.41) is 7.67. The molecule has 8 rings (SSSR count). The van der Waals surface area contributed by atoms with Gasteiger partial charge in [0.1, 0.15) is 5.69 Å². The van der Waals surface area contributed by atoms with Gasteiger partial charge in [-0.25, -0.2) is 9.48 Å². The lowest BCUT2D eigenvalue weighted by Gasteiger charge is -2.60. The van der Waals surface area contributed by atoms with Gasteiger partial charge in [0.05, 0.1) is 29.3 Å². The minimum absolute atomic E-state index is 0.117. The van der Waals surface area contributed by atoms with E-state index in [1.165, 1.54) is 4.57 Å². The number of fused-ring (bicyclic) bond motifs is 1. The number of rotatable bonds is 7. The minimum atomic E-state index is -0.392. The first-order valence-corrected chi connectivity index (χ1v) is 18.1. The predicted octanol–water partition coefficient (Wildman–Crippen LogP) is 4.93. The van der Waals surface area contributed by atoms with Crippen molar-refractivity contribution in [3.8, 4) is 11.4 Å². The second kappa shape index (κ2) is 12.7. The summed E-state index contributed by atoms with van der Waals surface area (Å²) in [6, 6.07) is 22.9. The number of carbonyl (C=O) groups excluding carboxylic acids is 2. The number of aromatic nitrogens is 4. The van der Waals surface area contributed by atoms with Gasteiger partial charge in [-0.1, -0.05) is 34.1 Å². The molecule has 12 heteroatoms. The molecule has 262 valence electrons. The van der Waals surface area contributed by atoms with E-state index < -0.39 is 5.91 Å². The number of benzene rings is 3. The zero-order valence-electron chi connectivity index (χ0n) is 29.3. The molecule has 0 bridgehead atoms. The van der Waals surface area contributed by atoms with Crippen LogP contribution in [-0.2, 0) is 19.6 Å². The third kappa shape index (κ3) is 5.89. The van der Waals surface area contributed by atoms with E-state index in [9.17, 15) is 14.4 Å². The third-order valence-corrected chi connectivity index (χ3v) is 11.5. The van der Waals surface area contributed by atoms with Gasteiger partial charge in [0.2, 0.25) is 0 Å². The maximum absolute atomic E-state index is 14.4. The summed E-state index contributed by atoms with van der Waals surface area (Å²) in [6.07, 6.45) is 1.89. The van der Waals surface area contributed by atoms with Crippen molar-refractivity contribution >= 4 is 33.4 Å². The van der Waals surface area contributed by atoms with Crippen LogP contribution in [0, 0.1) is 19.3 Å². The number of halogens is 1. The summed E-state index contributed by atoms with van der Waals surface area (Å²) in [6.45, 7) is 10.7. The summed E-state index contributed by atoms with van der Waals surface area (Å²) >= 11 is 3.53. The number of nitrogens with one attached hydrogen (secondary N) is 1. The van der Waals surface area contributed by atoms with Crippen LogP contribution in [0.4, 0.5) is 5.69 Å². The molecule has 0 aliphatic carbocycles. The van der Waals surface area contributed by atoms with E-state index in [1.54, 1.807) is 20.2 Å². The van der Waals surface area contributed by atoms with Crippen LogP contribution in [0.2, 0.25) is 0 Å². The molecule has 1 N–H and O–H groups in total. The van der Waals surface area contributed by atoms with Crippen molar-refractivity contribution in [3.05, 3.63) is 128 Å². The first-order chi connectivity index (χ1) is 24.5. The number of imidazole rings is 1. The van der Waals surface area contributed by atoms with E-state index in [4.69, 9.17) is 0 Å². The van der Waals surface area contributed by atoms with Gasteiger partial charge >= 0.3 is 5.69 Å². The molecular formula is C39H41BrN8O3. The van der Waals surface area contributed by atoms with Gasteiger partial charge in [-0.3, -0.25) is 18.7 Å². The lowest BCUT2D eigenvalue weighted by molar-refractivity contribution is -0.00238. The van der Waals surface area contributed by atoms with Crippen molar-refractivity contribution in [1.82, 2.24) is 34.0 Å². The van der Waals surface area contributed by atoms with Gasteiger partial charge in [-0.2, -0.15) is 5.10 Å². The molecule has 0 unspecified atom stereocenters. The van der Waals surface area contributed by atoms with E-state index in [-0.39, 0.29) is 43.0 Å². The topological polar surface area (TPSA) is 101 Å². The Bertz CT molecular complexity index is 2220. The fraction of sp³-hybridized carbons (Fsp3) is 0.333. The Balaban J connectivity index is 1.14. The Kier molecular flexibility index (Phi) is 8.26. The lowest BCUT2D eigenvalue weighted by Crippen LogP contribution is -2.71. The largest absolute Gasteiger partial charge is 0.370 e. The molecule has 0 radical (unpaired) electrons. The number of anilines is 1. The van der Waals surface area contributed by atoms with Gasteiger partial charge < -0.3 is 20.0 Å². The highest BCUT2D eigenvalue weighted by Gasteiger charge is 2.50. The van der Waals surface area contributed by atoms with E-state index in [0.29, 0.717) is 22.4 Å². The summed E-state index contributed by atoms with van der Waals surface area (Å²) in [5.41, 5.74) is 6.68. The molecule has 2 aromatic heterocycles. The van der Waals surface area contributed by atoms with Gasteiger partial charge in [0.15, 0.2) is 0 Å². The highest BCUT2D eigenvalue weighted by atomic mass is 79.9. The number of para-hydroxylation sites is 1. The van der Waals surface area contributed by atoms with Crippen LogP contribution in [-0.4, -0.2) is 79.8 Å². The summed E-state index contributed by atoms with van der Waals surface area (Å²) < 4.78 is 5.90. The van der Waals surface area contributed by atoms with Crippen molar-refractivity contribution in [3.63, 3.8) is 0 Å². The number of hydrogen-bond acceptors (Lipinski definition) is 6. The van der Waals surface area contributed by atoms with Crippen molar-refractivity contribution < 1.29 is 9.59 Å². The van der Waals surface area contributed by atoms with E-state index in [2.05, 4.69) is 43.2 Å². The number of hydrogen-bond donors (Lipinski definition) is 1. The Morgan fingerprint density at radius 3 is 2.37 bits per heavy atom. The third-order valence-electron chi connectivity index (χ3n) is 10.6. The molecule has 3 aromatic carbocycles. The monoisotopic (exact) mass is 748 g/mol. The van der Waals surface area contributed by atoms with Crippen molar-refractivity contribution in [1.29, 1.82) is 0 Å². The SMILES string of the molecule is Cc1ccn(-c2ccccc2CNC(=O)c2c3n(c(=O)n2-c2ccc(N4CC5(CN(C)C5)C4)cc2)C[C@@H](C)N(C(=O)c2ccc(Br)c(C)c2)C3)n1. The standard InChI is InChI=1S/C39H41BrN8O3/c1-25-17-28(9-14-32(25)40)37(50)45-20-34-35(36(49)41-18-29-7-5-6-8-33(29)47-16-15-26(2)42-47)48(38(51)46(34)19-27(45)3)31-12-10-30(11-13-31)44-23-39(24-44)21-43(4)22-39/h5-17,27H,18-24H2,1-4H3,(H,41,49)/t27-/m1/s1. The molecule has 11 nitrogen and oxygen atoms in total. The fourth-order valence-corrected chi connectivity index (χ4v) is 8.30. The molecular weight excluding hydrogens is 708 g/mol. The van der Waals surface area contributed by atoms with Crippen molar-refractivity contribution in [2.45, 2.75) is 46.4 Å². The number of carbonyl (C=O) groups is 2. The van der Waals surface area contributed by atoms with Crippen LogP contribution >= 0.6 is 15.9 Å². The molecule has 1 atom stereocenters. The molecule has 5 heterocycles. The van der Waals surface area contributed by atoms with Gasteiger partial charge in [-0.05, 0) is 93.5 Å². The summed E-state index contributed by atoms with van der Waals surface area (Å²) in [4.78, 5) is 49.1. The van der Waals surface area contributed by atoms with Crippen LogP contribution in [0.3, 0.4) is 0 Å². The zero-order valence-corrected chi connectivity index (χ0v) is 30.9. The molecule has 1 spiro atoms. The predicted molar refractivity (Wildman–Crippen MR) is 200 cm³/mol. The lowest BCUT2D eigenvalue weighted by atomic mass is 9.73. The number of nitrogens with zero attached hydrogens (tertiary/aromatic N) is 7. The number of amides is 2. The second-order valence-electron chi connectivity index (χ2n) is 14.5. The molecule has 5 aromatic rings. The minimum Gasteiger partial charge on any atom is -0.370 e. The average Bonchev–Trinajstić information content (AvgIpc) is 3.65. The van der Waals surface area contributed by atoms with Gasteiger partial charge in [-0.15, -0.1) is 0 Å². The Labute approximate surface area is 305 Å². The highest BCUT2D eigenvalue weighted by Crippen LogP contribution is 2.41. The molecule has 3 aliphatic rings. The second-order valence-corrected chi connectivity index (χ2v) is 15.4. The van der Waals surface area contributed by atoms with Gasteiger partial charge in [0.25, 0.3) is 11.8 Å². The Morgan fingerprint density at radius 2 is 1.69 bits per heavy atom. The first-order valence-electron chi connectivity index (χ1n) is 17.3. The van der Waals surface area contributed by atoms with Gasteiger partial charge in [0, 0.05) is 72.6 Å². The normalized spacial score (nSPS) is 17.9. The maximum atomic E-state index is 14.4. The maximum Gasteiger partial charge on any atom is 0.333 e. The molecule has 2 amide bonds. The van der Waals surface area contributed by atoms with Crippen LogP contribution in [0.5, 0.6) is 0 Å². The molecule has 3 aliphatic heterocycles. The number of aryl methyl sites for hydroxylation is 2. The highest BCUT2D eigenvalue weighted by molar-refractivity contribution is 9.10. The molecule has 51 heavy (non-hydrogen) atoms. The van der Waals surface area contributed by atoms with Crippen LogP contribution in [0.25, 0.3) is 11.4 Å². The van der Waals surface area contributed by atoms with Crippen molar-refractivity contribution in [2.75, 3.05) is 38.1 Å². The Morgan fingerprint density at radius 1 is 0.961 bits per heavy atom. The average molecular weight is 750 g/mol. The van der Waals surface area contributed by atoms with Crippen LogP contribution < -0.4 is 15.9 Å². The Hall–Kier alpha value is -4.94. The molecule has 2 fully saturated rings. The van der Waals surface area contributed by atoms with Crippen molar-refractivity contribution in [2.24, 2.45) is 5.41 Å². The smallest absolute Gasteiger partial charge is 0.333 e. The quantitative estimate of drug-likeness (QED) is 0.254. The number of likely N-dealkylation sites (tertiary alicyclic amines) is 1. The first kappa shape index (κ1) is 33.2. The van der Waals surface area contributed by atoms with Crippen LogP contribution in [0.15, 0.2) is 88.3 Å². The zero-order chi connectivity index (χ0) is 35.6. The van der Waals surface area contributed by atoms with E-state index in [1.807, 2.05) is 93.7 Å².